The van der Waals surface area contributed by atoms with Crippen LogP contribution in [0.5, 0.6) is 0 Å². The molecule has 3 amide bonds. The molecule has 3 rings (SSSR count). The number of primary amides is 1. The summed E-state index contributed by atoms with van der Waals surface area (Å²) in [6.07, 6.45) is 3.79. The second-order valence-electron chi connectivity index (χ2n) is 6.81. The Hall–Kier alpha value is -1.60. The van der Waals surface area contributed by atoms with Crippen molar-refractivity contribution in [2.24, 2.45) is 5.73 Å². The molecule has 6 nitrogen and oxygen atoms in total. The van der Waals surface area contributed by atoms with Gasteiger partial charge in [-0.1, -0.05) is 28.1 Å². The van der Waals surface area contributed by atoms with Crippen molar-refractivity contribution in [3.05, 3.63) is 34.3 Å². The lowest BCUT2D eigenvalue weighted by atomic mass is 10.0. The smallest absolute Gasteiger partial charge is 0.312 e. The number of urea groups is 1. The van der Waals surface area contributed by atoms with Crippen LogP contribution in [-0.4, -0.2) is 54.0 Å². The van der Waals surface area contributed by atoms with Crippen molar-refractivity contribution in [2.75, 3.05) is 26.2 Å². The molecule has 7 heteroatoms. The van der Waals surface area contributed by atoms with E-state index in [-0.39, 0.29) is 18.0 Å². The second-order valence-corrected chi connectivity index (χ2v) is 7.72. The molecule has 0 bridgehead atoms. The summed E-state index contributed by atoms with van der Waals surface area (Å²) in [7, 11) is 0. The fraction of sp³-hybridized carbons (Fsp3) is 0.556. The largest absolute Gasteiger partial charge is 0.352 e. The summed E-state index contributed by atoms with van der Waals surface area (Å²) in [6.45, 7) is 3.24. The molecule has 0 aliphatic carbocycles. The van der Waals surface area contributed by atoms with Crippen LogP contribution in [0.15, 0.2) is 28.7 Å². The molecule has 1 aromatic rings. The van der Waals surface area contributed by atoms with E-state index in [2.05, 4.69) is 26.1 Å². The lowest BCUT2D eigenvalue weighted by molar-refractivity contribution is -0.138. The van der Waals surface area contributed by atoms with Gasteiger partial charge >= 0.3 is 6.03 Å². The fourth-order valence-corrected chi connectivity index (χ4v) is 4.04. The van der Waals surface area contributed by atoms with Crippen LogP contribution in [0.25, 0.3) is 0 Å². The summed E-state index contributed by atoms with van der Waals surface area (Å²) in [6, 6.07) is 7.42. The van der Waals surface area contributed by atoms with E-state index >= 15 is 0 Å². The molecule has 2 saturated heterocycles. The molecule has 1 atom stereocenters. The Morgan fingerprint density at radius 3 is 2.24 bits per heavy atom. The number of nitrogens with one attached hydrogen (secondary N) is 1. The first-order valence-electron chi connectivity index (χ1n) is 8.89. The minimum absolute atomic E-state index is 0.0690. The second kappa shape index (κ2) is 8.19. The van der Waals surface area contributed by atoms with Gasteiger partial charge in [0, 0.05) is 23.6 Å². The van der Waals surface area contributed by atoms with Crippen LogP contribution in [-0.2, 0) is 4.79 Å². The van der Waals surface area contributed by atoms with Gasteiger partial charge in [0.05, 0.1) is 0 Å². The number of halogens is 1. The van der Waals surface area contributed by atoms with Crippen LogP contribution in [0, 0.1) is 0 Å². The minimum atomic E-state index is -0.491. The molecule has 0 unspecified atom stereocenters. The van der Waals surface area contributed by atoms with Gasteiger partial charge in [-0.2, -0.15) is 0 Å². The zero-order valence-corrected chi connectivity index (χ0v) is 15.9. The number of carbonyl (C=O) groups excluding carboxylic acids is 2. The summed E-state index contributed by atoms with van der Waals surface area (Å²) in [5, 5.41) is 2.75. The van der Waals surface area contributed by atoms with Crippen LogP contribution in [0.1, 0.15) is 37.3 Å². The molecular weight excluding hydrogens is 384 g/mol. The lowest BCUT2D eigenvalue weighted by Gasteiger charge is -2.37. The lowest BCUT2D eigenvalue weighted by Crippen LogP contribution is -2.50. The summed E-state index contributed by atoms with van der Waals surface area (Å²) in [5.41, 5.74) is 6.24. The monoisotopic (exact) mass is 408 g/mol. The maximum atomic E-state index is 13.3. The molecular formula is C18H25BrN4O2. The number of nitrogens with zero attached hydrogens (tertiary/aromatic N) is 2. The molecule has 2 heterocycles. The van der Waals surface area contributed by atoms with Gasteiger partial charge in [0.15, 0.2) is 0 Å². The summed E-state index contributed by atoms with van der Waals surface area (Å²) in [4.78, 5) is 28.5. The molecule has 2 fully saturated rings. The Kier molecular flexibility index (Phi) is 5.96. The Morgan fingerprint density at radius 1 is 1.08 bits per heavy atom. The van der Waals surface area contributed by atoms with Gasteiger partial charge < -0.3 is 16.0 Å². The van der Waals surface area contributed by atoms with E-state index in [1.807, 2.05) is 29.2 Å². The zero-order chi connectivity index (χ0) is 17.8. The Morgan fingerprint density at radius 2 is 1.68 bits per heavy atom. The number of rotatable bonds is 4. The van der Waals surface area contributed by atoms with Crippen molar-refractivity contribution in [1.29, 1.82) is 0 Å². The molecule has 0 radical (unpaired) electrons. The first-order chi connectivity index (χ1) is 12.0. The van der Waals surface area contributed by atoms with Gasteiger partial charge in [-0.05, 0) is 56.5 Å². The molecule has 136 valence electrons. The summed E-state index contributed by atoms with van der Waals surface area (Å²) >= 11 is 3.46. The molecule has 3 N–H and O–H groups in total. The third-order valence-electron chi connectivity index (χ3n) is 5.08. The van der Waals surface area contributed by atoms with Gasteiger partial charge in [0.1, 0.15) is 6.04 Å². The van der Waals surface area contributed by atoms with Crippen molar-refractivity contribution in [3.63, 3.8) is 0 Å². The number of piperidine rings is 1. The maximum Gasteiger partial charge on any atom is 0.312 e. The first kappa shape index (κ1) is 18.2. The minimum Gasteiger partial charge on any atom is -0.352 e. The Bertz CT molecular complexity index is 608. The van der Waals surface area contributed by atoms with E-state index in [1.54, 1.807) is 0 Å². The summed E-state index contributed by atoms with van der Waals surface area (Å²) < 4.78 is 1.02. The van der Waals surface area contributed by atoms with E-state index in [9.17, 15) is 9.59 Å². The summed E-state index contributed by atoms with van der Waals surface area (Å²) in [5.74, 6) is 0.168. The van der Waals surface area contributed by atoms with Gasteiger partial charge in [-0.15, -0.1) is 0 Å². The van der Waals surface area contributed by atoms with Crippen molar-refractivity contribution in [1.82, 2.24) is 15.1 Å². The highest BCUT2D eigenvalue weighted by Crippen LogP contribution is 2.29. The van der Waals surface area contributed by atoms with Crippen molar-refractivity contribution < 1.29 is 9.59 Å². The highest BCUT2D eigenvalue weighted by Gasteiger charge is 2.34. The molecule has 0 aromatic heterocycles. The van der Waals surface area contributed by atoms with Crippen LogP contribution in [0.4, 0.5) is 4.79 Å². The number of benzene rings is 1. The van der Waals surface area contributed by atoms with Crippen molar-refractivity contribution >= 4 is 27.9 Å². The standard InChI is InChI=1S/C18H25BrN4O2/c19-14-5-3-13(4-6-14)16(22-9-1-2-10-22)17(24)23-11-7-15(8-12-23)21-18(20)25/h3-6,15-16H,1-2,7-12H2,(H3,20,21,25)/t16-/m0/s1. The number of hydrogen-bond acceptors (Lipinski definition) is 3. The highest BCUT2D eigenvalue weighted by molar-refractivity contribution is 9.10. The Balaban J connectivity index is 1.71. The van der Waals surface area contributed by atoms with Crippen LogP contribution >= 0.6 is 15.9 Å². The van der Waals surface area contributed by atoms with E-state index in [4.69, 9.17) is 5.73 Å². The zero-order valence-electron chi connectivity index (χ0n) is 14.3. The molecule has 1 aromatic carbocycles. The quantitative estimate of drug-likeness (QED) is 0.801. The van der Waals surface area contributed by atoms with Crippen molar-refractivity contribution in [2.45, 2.75) is 37.8 Å². The first-order valence-corrected chi connectivity index (χ1v) is 9.68. The van der Waals surface area contributed by atoms with E-state index in [0.29, 0.717) is 13.1 Å². The third-order valence-corrected chi connectivity index (χ3v) is 5.61. The predicted molar refractivity (Wildman–Crippen MR) is 100 cm³/mol. The van der Waals surface area contributed by atoms with Gasteiger partial charge in [-0.25, -0.2) is 4.79 Å². The molecule has 0 saturated carbocycles. The molecule has 0 spiro atoms. The van der Waals surface area contributed by atoms with E-state index in [0.717, 1.165) is 48.8 Å². The predicted octanol–water partition coefficient (Wildman–Crippen LogP) is 2.25. The van der Waals surface area contributed by atoms with Crippen LogP contribution < -0.4 is 11.1 Å². The average Bonchev–Trinajstić information content (AvgIpc) is 3.11. The normalized spacial score (nSPS) is 20.4. The number of nitrogens with two attached hydrogens (primary N) is 1. The number of carbonyl (C=O) groups is 2. The number of amides is 3. The van der Waals surface area contributed by atoms with E-state index in [1.165, 1.54) is 0 Å². The molecule has 2 aliphatic rings. The molecule has 2 aliphatic heterocycles. The third kappa shape index (κ3) is 4.52. The highest BCUT2D eigenvalue weighted by atomic mass is 79.9. The molecule has 25 heavy (non-hydrogen) atoms. The van der Waals surface area contributed by atoms with Gasteiger partial charge in [0.25, 0.3) is 0 Å². The maximum absolute atomic E-state index is 13.3. The fourth-order valence-electron chi connectivity index (χ4n) is 3.77. The van der Waals surface area contributed by atoms with Gasteiger partial charge in [0.2, 0.25) is 5.91 Å². The van der Waals surface area contributed by atoms with Crippen LogP contribution in [0.3, 0.4) is 0 Å². The Labute approximate surface area is 156 Å². The van der Waals surface area contributed by atoms with E-state index < -0.39 is 6.03 Å². The topological polar surface area (TPSA) is 78.7 Å². The SMILES string of the molecule is NC(=O)NC1CCN(C(=O)[C@H](c2ccc(Br)cc2)N2CCCC2)CC1. The van der Waals surface area contributed by atoms with Crippen LogP contribution in [0.2, 0.25) is 0 Å². The number of likely N-dealkylation sites (tertiary alicyclic amines) is 2. The van der Waals surface area contributed by atoms with Crippen molar-refractivity contribution in [3.8, 4) is 0 Å². The average molecular weight is 409 g/mol. The van der Waals surface area contributed by atoms with Gasteiger partial charge in [-0.3, -0.25) is 9.69 Å². The number of hydrogen-bond donors (Lipinski definition) is 2.